The Morgan fingerprint density at radius 3 is 2.81 bits per heavy atom. The summed E-state index contributed by atoms with van der Waals surface area (Å²) >= 11 is 0. The van der Waals surface area contributed by atoms with Crippen molar-refractivity contribution in [3.8, 4) is 0 Å². The first-order valence-electron chi connectivity index (χ1n) is 6.27. The summed E-state index contributed by atoms with van der Waals surface area (Å²) in [7, 11) is 0. The number of nitrogens with one attached hydrogen (secondary N) is 1. The van der Waals surface area contributed by atoms with E-state index in [9.17, 15) is 0 Å². The lowest BCUT2D eigenvalue weighted by molar-refractivity contribution is 0.212. The summed E-state index contributed by atoms with van der Waals surface area (Å²) in [6.45, 7) is 6.35. The third-order valence-corrected chi connectivity index (χ3v) is 3.51. The first-order valence-corrected chi connectivity index (χ1v) is 6.27. The molecule has 1 saturated heterocycles. The van der Waals surface area contributed by atoms with Gasteiger partial charge in [-0.3, -0.25) is 4.90 Å². The van der Waals surface area contributed by atoms with Gasteiger partial charge in [-0.25, -0.2) is 0 Å². The molecule has 0 saturated carbocycles. The molecule has 1 N–H and O–H groups in total. The summed E-state index contributed by atoms with van der Waals surface area (Å²) in [5.74, 6) is 2.25. The highest BCUT2D eigenvalue weighted by Gasteiger charge is 2.18. The summed E-state index contributed by atoms with van der Waals surface area (Å²) < 4.78 is 2.28. The van der Waals surface area contributed by atoms with Gasteiger partial charge in [-0.2, -0.15) is 0 Å². The monoisotopic (exact) mass is 221 g/mol. The van der Waals surface area contributed by atoms with Crippen LogP contribution in [0, 0.1) is 0 Å². The number of nitrogens with zero attached hydrogens (tertiary/aromatic N) is 4. The van der Waals surface area contributed by atoms with Gasteiger partial charge in [0, 0.05) is 13.1 Å². The van der Waals surface area contributed by atoms with Crippen LogP contribution >= 0.6 is 0 Å². The smallest absolute Gasteiger partial charge is 0.147 e. The summed E-state index contributed by atoms with van der Waals surface area (Å²) in [6.07, 6.45) is 4.06. The van der Waals surface area contributed by atoms with Gasteiger partial charge < -0.3 is 9.88 Å². The van der Waals surface area contributed by atoms with Crippen LogP contribution in [0.15, 0.2) is 0 Å². The van der Waals surface area contributed by atoms with E-state index in [0.717, 1.165) is 37.8 Å². The molecule has 2 aliphatic heterocycles. The maximum atomic E-state index is 4.32. The van der Waals surface area contributed by atoms with Crippen LogP contribution in [-0.4, -0.2) is 39.3 Å². The SMILES string of the molecule is C1CCN(Cc2nnc3n2CCNC3)CC1. The van der Waals surface area contributed by atoms with Crippen LogP contribution in [0.5, 0.6) is 0 Å². The Balaban J connectivity index is 1.71. The van der Waals surface area contributed by atoms with Crippen molar-refractivity contribution >= 4 is 0 Å². The molecule has 0 radical (unpaired) electrons. The molecule has 1 aromatic rings. The van der Waals surface area contributed by atoms with Crippen molar-refractivity contribution in [2.75, 3.05) is 19.6 Å². The molecule has 0 amide bonds. The lowest BCUT2D eigenvalue weighted by Gasteiger charge is -2.26. The highest BCUT2D eigenvalue weighted by molar-refractivity contribution is 4.98. The quantitative estimate of drug-likeness (QED) is 0.783. The van der Waals surface area contributed by atoms with Crippen molar-refractivity contribution in [1.29, 1.82) is 0 Å². The molecule has 0 unspecified atom stereocenters. The van der Waals surface area contributed by atoms with Gasteiger partial charge >= 0.3 is 0 Å². The van der Waals surface area contributed by atoms with Crippen LogP contribution in [0.3, 0.4) is 0 Å². The Hall–Kier alpha value is -0.940. The van der Waals surface area contributed by atoms with E-state index < -0.39 is 0 Å². The Kier molecular flexibility index (Phi) is 2.88. The van der Waals surface area contributed by atoms with Crippen LogP contribution in [0.25, 0.3) is 0 Å². The van der Waals surface area contributed by atoms with Crippen molar-refractivity contribution in [3.63, 3.8) is 0 Å². The van der Waals surface area contributed by atoms with Crippen molar-refractivity contribution in [3.05, 3.63) is 11.6 Å². The molecule has 5 nitrogen and oxygen atoms in total. The number of likely N-dealkylation sites (tertiary alicyclic amines) is 1. The molecule has 1 fully saturated rings. The lowest BCUT2D eigenvalue weighted by Crippen LogP contribution is -2.33. The maximum absolute atomic E-state index is 4.32. The minimum atomic E-state index is 0.868. The van der Waals surface area contributed by atoms with Crippen molar-refractivity contribution in [2.45, 2.75) is 38.9 Å². The molecule has 2 aliphatic rings. The van der Waals surface area contributed by atoms with Gasteiger partial charge in [0.15, 0.2) is 0 Å². The third-order valence-electron chi connectivity index (χ3n) is 3.51. The number of fused-ring (bicyclic) bond motifs is 1. The van der Waals surface area contributed by atoms with Gasteiger partial charge in [0.25, 0.3) is 0 Å². The Bertz CT molecular complexity index is 353. The molecule has 16 heavy (non-hydrogen) atoms. The van der Waals surface area contributed by atoms with E-state index in [2.05, 4.69) is 25.0 Å². The summed E-state index contributed by atoms with van der Waals surface area (Å²) in [6, 6.07) is 0. The van der Waals surface area contributed by atoms with E-state index in [1.807, 2.05) is 0 Å². The molecule has 5 heteroatoms. The van der Waals surface area contributed by atoms with E-state index in [-0.39, 0.29) is 0 Å². The lowest BCUT2D eigenvalue weighted by atomic mass is 10.1. The van der Waals surface area contributed by atoms with Gasteiger partial charge in [0.05, 0.1) is 13.1 Å². The Morgan fingerprint density at radius 1 is 1.06 bits per heavy atom. The van der Waals surface area contributed by atoms with E-state index in [4.69, 9.17) is 0 Å². The van der Waals surface area contributed by atoms with Crippen LogP contribution in [0.4, 0.5) is 0 Å². The second kappa shape index (κ2) is 4.51. The highest BCUT2D eigenvalue weighted by Crippen LogP contribution is 2.13. The predicted molar refractivity (Wildman–Crippen MR) is 60.9 cm³/mol. The maximum Gasteiger partial charge on any atom is 0.147 e. The predicted octanol–water partition coefficient (Wildman–Crippen LogP) is 0.367. The zero-order valence-corrected chi connectivity index (χ0v) is 9.65. The van der Waals surface area contributed by atoms with Crippen molar-refractivity contribution in [2.24, 2.45) is 0 Å². The van der Waals surface area contributed by atoms with Gasteiger partial charge in [-0.15, -0.1) is 10.2 Å². The standard InChI is InChI=1S/C11H19N5/c1-2-5-15(6-3-1)9-11-14-13-10-8-12-4-7-16(10)11/h12H,1-9H2. The first kappa shape index (κ1) is 10.2. The number of rotatable bonds is 2. The fourth-order valence-electron chi connectivity index (χ4n) is 2.59. The second-order valence-corrected chi connectivity index (χ2v) is 4.70. The summed E-state index contributed by atoms with van der Waals surface area (Å²) in [5, 5.41) is 11.9. The van der Waals surface area contributed by atoms with Gasteiger partial charge in [-0.05, 0) is 25.9 Å². The largest absolute Gasteiger partial charge is 0.312 e. The molecule has 0 aromatic carbocycles. The molecule has 0 spiro atoms. The molecular weight excluding hydrogens is 202 g/mol. The molecule has 1 aromatic heterocycles. The van der Waals surface area contributed by atoms with E-state index >= 15 is 0 Å². The normalized spacial score (nSPS) is 22.0. The molecule has 0 atom stereocenters. The molecular formula is C11H19N5. The molecule has 3 rings (SSSR count). The Labute approximate surface area is 95.8 Å². The average molecular weight is 221 g/mol. The molecule has 88 valence electrons. The zero-order chi connectivity index (χ0) is 10.8. The fourth-order valence-corrected chi connectivity index (χ4v) is 2.59. The third kappa shape index (κ3) is 1.97. The van der Waals surface area contributed by atoms with Gasteiger partial charge in [0.1, 0.15) is 11.6 Å². The minimum absolute atomic E-state index is 0.868. The first-order chi connectivity index (χ1) is 7.93. The molecule has 0 bridgehead atoms. The number of aromatic nitrogens is 3. The number of hydrogen-bond acceptors (Lipinski definition) is 4. The van der Waals surface area contributed by atoms with Crippen LogP contribution < -0.4 is 5.32 Å². The van der Waals surface area contributed by atoms with Crippen molar-refractivity contribution < 1.29 is 0 Å². The summed E-state index contributed by atoms with van der Waals surface area (Å²) in [5.41, 5.74) is 0. The van der Waals surface area contributed by atoms with Crippen LogP contribution in [-0.2, 0) is 19.6 Å². The van der Waals surface area contributed by atoms with Gasteiger partial charge in [-0.1, -0.05) is 6.42 Å². The van der Waals surface area contributed by atoms with Crippen LogP contribution in [0.2, 0.25) is 0 Å². The van der Waals surface area contributed by atoms with E-state index in [1.54, 1.807) is 0 Å². The molecule has 0 aliphatic carbocycles. The molecule has 3 heterocycles. The second-order valence-electron chi connectivity index (χ2n) is 4.70. The van der Waals surface area contributed by atoms with E-state index in [0.29, 0.717) is 0 Å². The van der Waals surface area contributed by atoms with Gasteiger partial charge in [0.2, 0.25) is 0 Å². The summed E-state index contributed by atoms with van der Waals surface area (Å²) in [4.78, 5) is 2.50. The van der Waals surface area contributed by atoms with E-state index in [1.165, 1.54) is 32.4 Å². The average Bonchev–Trinajstić information content (AvgIpc) is 2.74. The zero-order valence-electron chi connectivity index (χ0n) is 9.65. The Morgan fingerprint density at radius 2 is 1.94 bits per heavy atom. The van der Waals surface area contributed by atoms with Crippen molar-refractivity contribution in [1.82, 2.24) is 25.0 Å². The fraction of sp³-hybridized carbons (Fsp3) is 0.818. The number of hydrogen-bond donors (Lipinski definition) is 1. The highest BCUT2D eigenvalue weighted by atomic mass is 15.3. The number of piperidine rings is 1. The van der Waals surface area contributed by atoms with Crippen LogP contribution in [0.1, 0.15) is 30.9 Å². The topological polar surface area (TPSA) is 46.0 Å². The minimum Gasteiger partial charge on any atom is -0.312 e.